The van der Waals surface area contributed by atoms with Crippen molar-refractivity contribution in [2.24, 2.45) is 5.92 Å². The van der Waals surface area contributed by atoms with Gasteiger partial charge in [0.15, 0.2) is 11.6 Å². The Bertz CT molecular complexity index is 1020. The summed E-state index contributed by atoms with van der Waals surface area (Å²) in [5, 5.41) is 4.98. The first-order valence-electron chi connectivity index (χ1n) is 9.81. The van der Waals surface area contributed by atoms with Crippen molar-refractivity contribution in [3.05, 3.63) is 36.4 Å². The Morgan fingerprint density at radius 1 is 1.19 bits per heavy atom. The van der Waals surface area contributed by atoms with Gasteiger partial charge >= 0.3 is 12.2 Å². The molecular formula is C20H20F4N4O3. The van der Waals surface area contributed by atoms with Gasteiger partial charge < -0.3 is 14.2 Å². The van der Waals surface area contributed by atoms with Crippen molar-refractivity contribution < 1.29 is 31.8 Å². The summed E-state index contributed by atoms with van der Waals surface area (Å²) in [6, 6.07) is 4.98. The summed E-state index contributed by atoms with van der Waals surface area (Å²) in [4.78, 5) is 7.54. The monoisotopic (exact) mass is 440 g/mol. The molecule has 7 nitrogen and oxygen atoms in total. The minimum atomic E-state index is -4.26. The molecule has 0 bridgehead atoms. The Kier molecular flexibility index (Phi) is 6.21. The predicted molar refractivity (Wildman–Crippen MR) is 102 cm³/mol. The molecule has 1 aliphatic rings. The van der Waals surface area contributed by atoms with Gasteiger partial charge in [-0.1, -0.05) is 6.07 Å². The van der Waals surface area contributed by atoms with Crippen LogP contribution >= 0.6 is 0 Å². The van der Waals surface area contributed by atoms with Crippen molar-refractivity contribution in [1.82, 2.24) is 19.7 Å². The van der Waals surface area contributed by atoms with Gasteiger partial charge in [-0.3, -0.25) is 4.68 Å². The van der Waals surface area contributed by atoms with Gasteiger partial charge in [-0.15, -0.1) is 5.10 Å². The zero-order valence-electron chi connectivity index (χ0n) is 16.4. The van der Waals surface area contributed by atoms with Gasteiger partial charge in [0.25, 0.3) is 0 Å². The smallest absolute Gasteiger partial charge is 0.389 e. The number of ether oxygens (including phenoxy) is 3. The molecule has 3 aromatic rings. The highest BCUT2D eigenvalue weighted by atomic mass is 19.4. The third-order valence-corrected chi connectivity index (χ3v) is 4.81. The Morgan fingerprint density at radius 3 is 2.71 bits per heavy atom. The SMILES string of the molecule is Fc1cnc(Oc2cccc3c(OCC4CCOC4)nn(CCCC(F)(F)F)c23)nc1. The lowest BCUT2D eigenvalue weighted by atomic mass is 10.1. The number of alkyl halides is 3. The van der Waals surface area contributed by atoms with Gasteiger partial charge in [0.1, 0.15) is 5.52 Å². The van der Waals surface area contributed by atoms with E-state index in [1.165, 1.54) is 4.68 Å². The molecule has 0 radical (unpaired) electrons. The van der Waals surface area contributed by atoms with Crippen LogP contribution < -0.4 is 9.47 Å². The molecule has 1 aromatic carbocycles. The van der Waals surface area contributed by atoms with Crippen LogP contribution in [-0.4, -0.2) is 45.7 Å². The maximum atomic E-state index is 13.1. The van der Waals surface area contributed by atoms with Crippen molar-refractivity contribution in [2.75, 3.05) is 19.8 Å². The fourth-order valence-corrected chi connectivity index (χ4v) is 3.32. The van der Waals surface area contributed by atoms with Crippen molar-refractivity contribution >= 4 is 10.9 Å². The summed E-state index contributed by atoms with van der Waals surface area (Å²) in [5.74, 6) is 0.203. The zero-order valence-corrected chi connectivity index (χ0v) is 16.4. The Balaban J connectivity index is 1.63. The first-order valence-corrected chi connectivity index (χ1v) is 9.81. The Labute approximate surface area is 174 Å². The Morgan fingerprint density at radius 2 is 2.00 bits per heavy atom. The molecule has 1 saturated heterocycles. The van der Waals surface area contributed by atoms with Crippen LogP contribution in [0, 0.1) is 11.7 Å². The van der Waals surface area contributed by atoms with Gasteiger partial charge in [-0.05, 0) is 25.0 Å². The van der Waals surface area contributed by atoms with E-state index in [1.807, 2.05) is 0 Å². The molecule has 0 saturated carbocycles. The predicted octanol–water partition coefficient (Wildman–Crippen LogP) is 4.52. The lowest BCUT2D eigenvalue weighted by Gasteiger charge is -2.09. The van der Waals surface area contributed by atoms with E-state index in [0.717, 1.165) is 18.8 Å². The molecule has 0 spiro atoms. The molecule has 166 valence electrons. The molecule has 1 aliphatic heterocycles. The molecule has 0 aliphatic carbocycles. The van der Waals surface area contributed by atoms with E-state index >= 15 is 0 Å². The number of nitrogens with zero attached hydrogens (tertiary/aromatic N) is 4. The molecule has 2 aromatic heterocycles. The number of para-hydroxylation sites is 1. The molecular weight excluding hydrogens is 420 g/mol. The van der Waals surface area contributed by atoms with Crippen LogP contribution in [0.1, 0.15) is 19.3 Å². The fraction of sp³-hybridized carbons (Fsp3) is 0.450. The van der Waals surface area contributed by atoms with E-state index in [4.69, 9.17) is 14.2 Å². The average molecular weight is 440 g/mol. The molecule has 11 heteroatoms. The number of aryl methyl sites for hydroxylation is 1. The lowest BCUT2D eigenvalue weighted by molar-refractivity contribution is -0.135. The van der Waals surface area contributed by atoms with Crippen LogP contribution in [0.25, 0.3) is 10.9 Å². The number of benzene rings is 1. The van der Waals surface area contributed by atoms with Crippen molar-refractivity contribution in [2.45, 2.75) is 32.0 Å². The third kappa shape index (κ3) is 5.40. The normalized spacial score (nSPS) is 16.7. The molecule has 3 heterocycles. The van der Waals surface area contributed by atoms with E-state index in [2.05, 4.69) is 15.1 Å². The van der Waals surface area contributed by atoms with Gasteiger partial charge in [-0.25, -0.2) is 14.4 Å². The van der Waals surface area contributed by atoms with Crippen molar-refractivity contribution in [3.8, 4) is 17.6 Å². The standard InChI is InChI=1S/C20H20F4N4O3/c21-14-9-25-19(26-10-14)31-16-4-1-3-15-17(16)28(7-2-6-20(22,23)24)27-18(15)30-12-13-5-8-29-11-13/h1,3-4,9-10,13H,2,5-8,11-12H2. The summed E-state index contributed by atoms with van der Waals surface area (Å²) in [7, 11) is 0. The lowest BCUT2D eigenvalue weighted by Crippen LogP contribution is -2.12. The second kappa shape index (κ2) is 9.04. The highest BCUT2D eigenvalue weighted by Gasteiger charge is 2.27. The number of hydrogen-bond acceptors (Lipinski definition) is 6. The molecule has 1 atom stereocenters. The molecule has 0 amide bonds. The molecule has 1 fully saturated rings. The number of rotatable bonds is 8. The second-order valence-electron chi connectivity index (χ2n) is 7.23. The van der Waals surface area contributed by atoms with E-state index in [0.29, 0.717) is 36.6 Å². The Hall–Kier alpha value is -2.95. The maximum Gasteiger partial charge on any atom is 0.389 e. The second-order valence-corrected chi connectivity index (χ2v) is 7.23. The summed E-state index contributed by atoms with van der Waals surface area (Å²) in [6.45, 7) is 1.67. The summed E-state index contributed by atoms with van der Waals surface area (Å²) in [5.41, 5.74) is 0.454. The van der Waals surface area contributed by atoms with E-state index in [1.54, 1.807) is 18.2 Å². The maximum absolute atomic E-state index is 13.1. The average Bonchev–Trinajstić information content (AvgIpc) is 3.36. The van der Waals surface area contributed by atoms with Crippen LogP contribution in [0.15, 0.2) is 30.6 Å². The summed E-state index contributed by atoms with van der Waals surface area (Å²) in [6.07, 6.45) is -2.55. The fourth-order valence-electron chi connectivity index (χ4n) is 3.32. The minimum absolute atomic E-state index is 0.0105. The van der Waals surface area contributed by atoms with Crippen molar-refractivity contribution in [3.63, 3.8) is 0 Å². The largest absolute Gasteiger partial charge is 0.476 e. The quantitative estimate of drug-likeness (QED) is 0.480. The van der Waals surface area contributed by atoms with Gasteiger partial charge in [0, 0.05) is 25.5 Å². The van der Waals surface area contributed by atoms with Crippen LogP contribution in [0.2, 0.25) is 0 Å². The van der Waals surface area contributed by atoms with Crippen LogP contribution in [0.3, 0.4) is 0 Å². The molecule has 0 N–H and O–H groups in total. The van der Waals surface area contributed by atoms with Gasteiger partial charge in [-0.2, -0.15) is 13.2 Å². The third-order valence-electron chi connectivity index (χ3n) is 4.81. The first kappa shape index (κ1) is 21.3. The van der Waals surface area contributed by atoms with Crippen molar-refractivity contribution in [1.29, 1.82) is 0 Å². The van der Waals surface area contributed by atoms with Gasteiger partial charge in [0.2, 0.25) is 5.88 Å². The first-order chi connectivity index (χ1) is 14.9. The van der Waals surface area contributed by atoms with E-state index in [-0.39, 0.29) is 30.6 Å². The molecule has 4 rings (SSSR count). The number of aromatic nitrogens is 4. The number of hydrogen-bond donors (Lipinski definition) is 0. The summed E-state index contributed by atoms with van der Waals surface area (Å²) < 4.78 is 69.3. The van der Waals surface area contributed by atoms with Crippen LogP contribution in [-0.2, 0) is 11.3 Å². The highest BCUT2D eigenvalue weighted by Crippen LogP contribution is 2.35. The van der Waals surface area contributed by atoms with Crippen LogP contribution in [0.4, 0.5) is 17.6 Å². The molecule has 1 unspecified atom stereocenters. The minimum Gasteiger partial charge on any atom is -0.476 e. The summed E-state index contributed by atoms with van der Waals surface area (Å²) >= 11 is 0. The molecule has 31 heavy (non-hydrogen) atoms. The van der Waals surface area contributed by atoms with Crippen LogP contribution in [0.5, 0.6) is 17.6 Å². The van der Waals surface area contributed by atoms with Gasteiger partial charge in [0.05, 0.1) is 31.0 Å². The topological polar surface area (TPSA) is 71.3 Å². The number of fused-ring (bicyclic) bond motifs is 1. The van der Waals surface area contributed by atoms with E-state index in [9.17, 15) is 17.6 Å². The zero-order chi connectivity index (χ0) is 21.8. The number of halogens is 4. The highest BCUT2D eigenvalue weighted by molar-refractivity contribution is 5.89. The van der Waals surface area contributed by atoms with E-state index < -0.39 is 18.4 Å².